The van der Waals surface area contributed by atoms with Gasteiger partial charge in [-0.1, -0.05) is 44.5 Å². The van der Waals surface area contributed by atoms with Gasteiger partial charge in [0.1, 0.15) is 0 Å². The number of aryl methyl sites for hydroxylation is 1. The highest BCUT2D eigenvalue weighted by Gasteiger charge is 2.22. The van der Waals surface area contributed by atoms with E-state index in [0.717, 1.165) is 12.1 Å². The summed E-state index contributed by atoms with van der Waals surface area (Å²) in [5.41, 5.74) is 5.18. The fourth-order valence-electron chi connectivity index (χ4n) is 2.17. The molecule has 0 amide bonds. The summed E-state index contributed by atoms with van der Waals surface area (Å²) in [6, 6.07) is 12.8. The Morgan fingerprint density at radius 1 is 1.11 bits per heavy atom. The van der Waals surface area contributed by atoms with Crippen molar-refractivity contribution in [1.29, 1.82) is 0 Å². The molecule has 1 aromatic heterocycles. The van der Waals surface area contributed by atoms with Crippen molar-refractivity contribution in [2.75, 3.05) is 0 Å². The molecule has 94 valence electrons. The van der Waals surface area contributed by atoms with Gasteiger partial charge in [-0.05, 0) is 42.5 Å². The van der Waals surface area contributed by atoms with Crippen LogP contribution in [0.2, 0.25) is 0 Å². The van der Waals surface area contributed by atoms with E-state index in [1.165, 1.54) is 16.7 Å². The summed E-state index contributed by atoms with van der Waals surface area (Å²) in [6.45, 7) is 8.96. The molecule has 0 N–H and O–H groups in total. The molecular weight excluding hydrogens is 218 g/mol. The first-order chi connectivity index (χ1) is 8.54. The van der Waals surface area contributed by atoms with E-state index in [9.17, 15) is 0 Å². The van der Waals surface area contributed by atoms with Crippen molar-refractivity contribution in [3.63, 3.8) is 0 Å². The zero-order chi connectivity index (χ0) is 13.2. The molecule has 1 aromatic carbocycles. The summed E-state index contributed by atoms with van der Waals surface area (Å²) in [5, 5.41) is 0. The molecule has 0 aliphatic rings. The molecule has 0 spiro atoms. The molecule has 0 saturated heterocycles. The monoisotopic (exact) mass is 239 g/mol. The molecule has 0 fully saturated rings. The van der Waals surface area contributed by atoms with Crippen LogP contribution in [-0.4, -0.2) is 4.98 Å². The summed E-state index contributed by atoms with van der Waals surface area (Å²) in [5.74, 6) is 0. The van der Waals surface area contributed by atoms with Gasteiger partial charge in [0.05, 0.1) is 5.69 Å². The lowest BCUT2D eigenvalue weighted by Gasteiger charge is -2.26. The third kappa shape index (κ3) is 2.45. The summed E-state index contributed by atoms with van der Waals surface area (Å²) >= 11 is 0. The summed E-state index contributed by atoms with van der Waals surface area (Å²) < 4.78 is 0. The summed E-state index contributed by atoms with van der Waals surface area (Å²) in [4.78, 5) is 4.50. The lowest BCUT2D eigenvalue weighted by atomic mass is 9.78. The van der Waals surface area contributed by atoms with Gasteiger partial charge in [0.15, 0.2) is 0 Å². The molecule has 2 rings (SSSR count). The highest BCUT2D eigenvalue weighted by atomic mass is 14.7. The molecule has 2 aromatic rings. The lowest BCUT2D eigenvalue weighted by molar-refractivity contribution is 0.507. The molecule has 0 bridgehead atoms. The van der Waals surface area contributed by atoms with E-state index in [1.54, 1.807) is 0 Å². The fraction of sp³-hybridized carbons (Fsp3) is 0.353. The van der Waals surface area contributed by atoms with Crippen LogP contribution >= 0.6 is 0 Å². The van der Waals surface area contributed by atoms with Gasteiger partial charge in [-0.3, -0.25) is 4.98 Å². The first-order valence-corrected chi connectivity index (χ1v) is 6.57. The third-order valence-corrected chi connectivity index (χ3v) is 3.73. The van der Waals surface area contributed by atoms with Crippen LogP contribution in [0.15, 0.2) is 42.6 Å². The van der Waals surface area contributed by atoms with Crippen LogP contribution in [0.1, 0.15) is 38.3 Å². The van der Waals surface area contributed by atoms with Gasteiger partial charge in [0, 0.05) is 11.8 Å². The van der Waals surface area contributed by atoms with Crippen molar-refractivity contribution in [3.8, 4) is 11.3 Å². The van der Waals surface area contributed by atoms with E-state index >= 15 is 0 Å². The van der Waals surface area contributed by atoms with Crippen LogP contribution in [0.3, 0.4) is 0 Å². The number of hydrogen-bond acceptors (Lipinski definition) is 1. The minimum atomic E-state index is 0.181. The summed E-state index contributed by atoms with van der Waals surface area (Å²) in [6.07, 6.45) is 2.98. The van der Waals surface area contributed by atoms with E-state index in [1.807, 2.05) is 18.3 Å². The standard InChI is InChI=1S/C17H21N/c1-5-17(3,4)15-10-9-13(2)12-14(15)16-8-6-7-11-18-16/h6-12H,5H2,1-4H3. The molecule has 0 radical (unpaired) electrons. The Morgan fingerprint density at radius 3 is 2.50 bits per heavy atom. The topological polar surface area (TPSA) is 12.9 Å². The number of hydrogen-bond donors (Lipinski definition) is 0. The summed E-state index contributed by atoms with van der Waals surface area (Å²) in [7, 11) is 0. The van der Waals surface area contributed by atoms with Crippen LogP contribution in [0.5, 0.6) is 0 Å². The molecule has 1 nitrogen and oxygen atoms in total. The van der Waals surface area contributed by atoms with Gasteiger partial charge in [-0.15, -0.1) is 0 Å². The van der Waals surface area contributed by atoms with Crippen molar-refractivity contribution >= 4 is 0 Å². The van der Waals surface area contributed by atoms with Gasteiger partial charge in [0.2, 0.25) is 0 Å². The maximum absolute atomic E-state index is 4.50. The minimum Gasteiger partial charge on any atom is -0.256 e. The van der Waals surface area contributed by atoms with E-state index in [0.29, 0.717) is 0 Å². The van der Waals surface area contributed by atoms with Crippen molar-refractivity contribution in [3.05, 3.63) is 53.7 Å². The molecule has 0 unspecified atom stereocenters. The second-order valence-electron chi connectivity index (χ2n) is 5.50. The van der Waals surface area contributed by atoms with Crippen LogP contribution in [0, 0.1) is 6.92 Å². The van der Waals surface area contributed by atoms with Gasteiger partial charge < -0.3 is 0 Å². The van der Waals surface area contributed by atoms with Crippen LogP contribution in [-0.2, 0) is 5.41 Å². The second-order valence-corrected chi connectivity index (χ2v) is 5.50. The Kier molecular flexibility index (Phi) is 3.51. The zero-order valence-corrected chi connectivity index (χ0v) is 11.7. The lowest BCUT2D eigenvalue weighted by Crippen LogP contribution is -2.17. The van der Waals surface area contributed by atoms with Gasteiger partial charge in [-0.25, -0.2) is 0 Å². The highest BCUT2D eigenvalue weighted by molar-refractivity contribution is 5.66. The molecule has 1 heterocycles. The second kappa shape index (κ2) is 4.93. The Labute approximate surface area is 110 Å². The molecular formula is C17H21N. The molecule has 18 heavy (non-hydrogen) atoms. The number of pyridine rings is 1. The number of nitrogens with zero attached hydrogens (tertiary/aromatic N) is 1. The number of rotatable bonds is 3. The van der Waals surface area contributed by atoms with Gasteiger partial charge >= 0.3 is 0 Å². The fourth-order valence-corrected chi connectivity index (χ4v) is 2.17. The maximum Gasteiger partial charge on any atom is 0.0705 e. The van der Waals surface area contributed by atoms with E-state index in [-0.39, 0.29) is 5.41 Å². The predicted molar refractivity (Wildman–Crippen MR) is 77.7 cm³/mol. The number of aromatic nitrogens is 1. The third-order valence-electron chi connectivity index (χ3n) is 3.73. The average Bonchev–Trinajstić information content (AvgIpc) is 2.39. The Bertz CT molecular complexity index is 527. The van der Waals surface area contributed by atoms with E-state index in [4.69, 9.17) is 0 Å². The Morgan fingerprint density at radius 2 is 1.89 bits per heavy atom. The van der Waals surface area contributed by atoms with Crippen LogP contribution < -0.4 is 0 Å². The maximum atomic E-state index is 4.50. The SMILES string of the molecule is CCC(C)(C)c1ccc(C)cc1-c1ccccn1. The highest BCUT2D eigenvalue weighted by Crippen LogP contribution is 2.35. The van der Waals surface area contributed by atoms with Gasteiger partial charge in [0.25, 0.3) is 0 Å². The molecule has 0 aliphatic carbocycles. The molecule has 1 heteroatoms. The van der Waals surface area contributed by atoms with Gasteiger partial charge in [-0.2, -0.15) is 0 Å². The Hall–Kier alpha value is -1.63. The first kappa shape index (κ1) is 12.8. The van der Waals surface area contributed by atoms with Crippen molar-refractivity contribution in [2.45, 2.75) is 39.5 Å². The van der Waals surface area contributed by atoms with Crippen LogP contribution in [0.4, 0.5) is 0 Å². The Balaban J connectivity index is 2.62. The predicted octanol–water partition coefficient (Wildman–Crippen LogP) is 4.74. The van der Waals surface area contributed by atoms with Crippen molar-refractivity contribution < 1.29 is 0 Å². The molecule has 0 aliphatic heterocycles. The largest absolute Gasteiger partial charge is 0.256 e. The minimum absolute atomic E-state index is 0.181. The van der Waals surface area contributed by atoms with E-state index in [2.05, 4.69) is 56.9 Å². The van der Waals surface area contributed by atoms with Crippen molar-refractivity contribution in [2.24, 2.45) is 0 Å². The molecule has 0 atom stereocenters. The number of benzene rings is 1. The van der Waals surface area contributed by atoms with Crippen molar-refractivity contribution in [1.82, 2.24) is 4.98 Å². The average molecular weight is 239 g/mol. The normalized spacial score (nSPS) is 11.6. The first-order valence-electron chi connectivity index (χ1n) is 6.57. The smallest absolute Gasteiger partial charge is 0.0705 e. The van der Waals surface area contributed by atoms with E-state index < -0.39 is 0 Å². The quantitative estimate of drug-likeness (QED) is 0.753. The molecule has 0 saturated carbocycles. The van der Waals surface area contributed by atoms with Crippen LogP contribution in [0.25, 0.3) is 11.3 Å². The zero-order valence-electron chi connectivity index (χ0n) is 11.7.